The van der Waals surface area contributed by atoms with Crippen LogP contribution in [0.25, 0.3) is 11.1 Å². The standard InChI is InChI=1S/C14H13Cl2NO.ClH/c15-11-6-7-13(18-14(16)9-17)12(8-11)10-4-2-1-3-5-10;/h1-8,14H,9,17H2;1H. The lowest BCUT2D eigenvalue weighted by atomic mass is 10.0. The fraction of sp³-hybridized carbons (Fsp3) is 0.143. The number of rotatable bonds is 4. The molecule has 0 aromatic heterocycles. The third-order valence-electron chi connectivity index (χ3n) is 2.47. The van der Waals surface area contributed by atoms with Crippen molar-refractivity contribution in [2.24, 2.45) is 5.73 Å². The Hall–Kier alpha value is -0.930. The Labute approximate surface area is 128 Å². The molecule has 1 atom stereocenters. The quantitative estimate of drug-likeness (QED) is 0.852. The highest BCUT2D eigenvalue weighted by Crippen LogP contribution is 2.33. The molecule has 102 valence electrons. The number of alkyl halides is 1. The molecule has 1 unspecified atom stereocenters. The van der Waals surface area contributed by atoms with E-state index in [2.05, 4.69) is 0 Å². The average molecular weight is 319 g/mol. The zero-order valence-corrected chi connectivity index (χ0v) is 12.4. The first-order valence-corrected chi connectivity index (χ1v) is 6.38. The van der Waals surface area contributed by atoms with Crippen LogP contribution in [0.15, 0.2) is 48.5 Å². The molecule has 0 aliphatic rings. The van der Waals surface area contributed by atoms with E-state index < -0.39 is 5.56 Å². The maximum Gasteiger partial charge on any atom is 0.184 e. The summed E-state index contributed by atoms with van der Waals surface area (Å²) in [6.07, 6.45) is 0. The summed E-state index contributed by atoms with van der Waals surface area (Å²) in [7, 11) is 0. The van der Waals surface area contributed by atoms with Crippen LogP contribution < -0.4 is 10.5 Å². The molecule has 0 spiro atoms. The van der Waals surface area contributed by atoms with Gasteiger partial charge in [-0.05, 0) is 23.8 Å². The number of ether oxygens (including phenoxy) is 1. The first-order chi connectivity index (χ1) is 8.70. The monoisotopic (exact) mass is 317 g/mol. The van der Waals surface area contributed by atoms with Gasteiger partial charge < -0.3 is 10.5 Å². The molecular weight excluding hydrogens is 305 g/mol. The Morgan fingerprint density at radius 3 is 2.42 bits per heavy atom. The highest BCUT2D eigenvalue weighted by atomic mass is 35.5. The van der Waals surface area contributed by atoms with E-state index in [0.29, 0.717) is 10.8 Å². The minimum Gasteiger partial charge on any atom is -0.473 e. The Balaban J connectivity index is 0.00000180. The van der Waals surface area contributed by atoms with E-state index in [1.165, 1.54) is 0 Å². The van der Waals surface area contributed by atoms with Gasteiger partial charge in [0.1, 0.15) is 5.75 Å². The SMILES string of the molecule is Cl.NCC(Cl)Oc1ccc(Cl)cc1-c1ccccc1. The topological polar surface area (TPSA) is 35.2 Å². The molecule has 2 rings (SSSR count). The molecule has 2 aromatic rings. The predicted molar refractivity (Wildman–Crippen MR) is 83.5 cm³/mol. The summed E-state index contributed by atoms with van der Waals surface area (Å²) in [5.41, 5.74) is 6.84. The summed E-state index contributed by atoms with van der Waals surface area (Å²) in [5, 5.41) is 0.653. The molecule has 0 saturated carbocycles. The largest absolute Gasteiger partial charge is 0.473 e. The zero-order valence-electron chi connectivity index (χ0n) is 10.1. The van der Waals surface area contributed by atoms with E-state index in [0.717, 1.165) is 11.1 Å². The Kier molecular flexibility index (Phi) is 6.46. The Bertz CT molecular complexity index is 519. The summed E-state index contributed by atoms with van der Waals surface area (Å²) in [5.74, 6) is 0.677. The lowest BCUT2D eigenvalue weighted by molar-refractivity contribution is 0.290. The van der Waals surface area contributed by atoms with Crippen LogP contribution in [0.4, 0.5) is 0 Å². The van der Waals surface area contributed by atoms with Crippen LogP contribution in [0.2, 0.25) is 5.02 Å². The number of benzene rings is 2. The molecule has 0 bridgehead atoms. The maximum absolute atomic E-state index is 6.02. The zero-order chi connectivity index (χ0) is 13.0. The number of hydrogen-bond donors (Lipinski definition) is 1. The van der Waals surface area contributed by atoms with Crippen molar-refractivity contribution in [1.82, 2.24) is 0 Å². The minimum atomic E-state index is -0.548. The molecule has 0 heterocycles. The first-order valence-electron chi connectivity index (χ1n) is 5.56. The van der Waals surface area contributed by atoms with E-state index >= 15 is 0 Å². The molecule has 0 amide bonds. The normalized spacial score (nSPS) is 11.5. The Morgan fingerprint density at radius 1 is 1.11 bits per heavy atom. The number of nitrogens with two attached hydrogens (primary N) is 1. The summed E-state index contributed by atoms with van der Waals surface area (Å²) >= 11 is 11.9. The van der Waals surface area contributed by atoms with Crippen molar-refractivity contribution in [3.8, 4) is 16.9 Å². The molecule has 0 aliphatic heterocycles. The molecule has 2 nitrogen and oxygen atoms in total. The van der Waals surface area contributed by atoms with Gasteiger partial charge in [0.25, 0.3) is 0 Å². The van der Waals surface area contributed by atoms with Gasteiger partial charge in [0.2, 0.25) is 0 Å². The van der Waals surface area contributed by atoms with Gasteiger partial charge in [-0.15, -0.1) is 12.4 Å². The molecule has 0 radical (unpaired) electrons. The fourth-order valence-electron chi connectivity index (χ4n) is 1.63. The van der Waals surface area contributed by atoms with Crippen LogP contribution in [-0.2, 0) is 0 Å². The van der Waals surface area contributed by atoms with Crippen molar-refractivity contribution in [2.75, 3.05) is 6.54 Å². The van der Waals surface area contributed by atoms with Crippen molar-refractivity contribution >= 4 is 35.6 Å². The maximum atomic E-state index is 6.02. The summed E-state index contributed by atoms with van der Waals surface area (Å²) in [6, 6.07) is 15.3. The number of halogens is 3. The summed E-state index contributed by atoms with van der Waals surface area (Å²) in [6.45, 7) is 0.248. The lowest BCUT2D eigenvalue weighted by Gasteiger charge is -2.15. The van der Waals surface area contributed by atoms with Crippen molar-refractivity contribution in [2.45, 2.75) is 5.56 Å². The number of hydrogen-bond acceptors (Lipinski definition) is 2. The second-order valence-corrected chi connectivity index (χ2v) is 4.69. The van der Waals surface area contributed by atoms with E-state index in [1.54, 1.807) is 12.1 Å². The van der Waals surface area contributed by atoms with E-state index in [1.807, 2.05) is 36.4 Å². The van der Waals surface area contributed by atoms with Crippen molar-refractivity contribution in [3.63, 3.8) is 0 Å². The highest BCUT2D eigenvalue weighted by Gasteiger charge is 2.10. The second kappa shape index (κ2) is 7.61. The fourth-order valence-corrected chi connectivity index (χ4v) is 1.90. The minimum absolute atomic E-state index is 0. The summed E-state index contributed by atoms with van der Waals surface area (Å²) < 4.78 is 5.59. The van der Waals surface area contributed by atoms with Gasteiger partial charge in [0.15, 0.2) is 5.56 Å². The van der Waals surface area contributed by atoms with Crippen molar-refractivity contribution in [3.05, 3.63) is 53.6 Å². The molecule has 19 heavy (non-hydrogen) atoms. The molecule has 5 heteroatoms. The average Bonchev–Trinajstić information content (AvgIpc) is 2.41. The van der Waals surface area contributed by atoms with Crippen LogP contribution in [0.3, 0.4) is 0 Å². The Morgan fingerprint density at radius 2 is 1.79 bits per heavy atom. The van der Waals surface area contributed by atoms with Crippen LogP contribution in [0, 0.1) is 0 Å². The van der Waals surface area contributed by atoms with Gasteiger partial charge >= 0.3 is 0 Å². The smallest absolute Gasteiger partial charge is 0.184 e. The molecule has 0 aliphatic carbocycles. The van der Waals surface area contributed by atoms with Crippen LogP contribution in [0.5, 0.6) is 5.75 Å². The second-order valence-electron chi connectivity index (χ2n) is 3.77. The lowest BCUT2D eigenvalue weighted by Crippen LogP contribution is -2.20. The molecular formula is C14H14Cl3NO. The predicted octanol–water partition coefficient (Wildman–Crippen LogP) is 4.33. The summed E-state index contributed by atoms with van der Waals surface area (Å²) in [4.78, 5) is 0. The van der Waals surface area contributed by atoms with Gasteiger partial charge in [0, 0.05) is 17.1 Å². The highest BCUT2D eigenvalue weighted by molar-refractivity contribution is 6.31. The van der Waals surface area contributed by atoms with E-state index in [4.69, 9.17) is 33.7 Å². The van der Waals surface area contributed by atoms with Gasteiger partial charge in [-0.2, -0.15) is 0 Å². The van der Waals surface area contributed by atoms with Crippen LogP contribution in [0.1, 0.15) is 0 Å². The molecule has 2 N–H and O–H groups in total. The molecule has 0 saturated heterocycles. The van der Waals surface area contributed by atoms with Gasteiger partial charge in [-0.1, -0.05) is 53.5 Å². The van der Waals surface area contributed by atoms with Crippen LogP contribution >= 0.6 is 35.6 Å². The molecule has 2 aromatic carbocycles. The third kappa shape index (κ3) is 4.29. The van der Waals surface area contributed by atoms with E-state index in [9.17, 15) is 0 Å². The first kappa shape index (κ1) is 16.1. The molecule has 0 fully saturated rings. The third-order valence-corrected chi connectivity index (χ3v) is 2.97. The van der Waals surface area contributed by atoms with Crippen molar-refractivity contribution in [1.29, 1.82) is 0 Å². The van der Waals surface area contributed by atoms with Crippen LogP contribution in [-0.4, -0.2) is 12.1 Å². The van der Waals surface area contributed by atoms with Crippen molar-refractivity contribution < 1.29 is 4.74 Å². The van der Waals surface area contributed by atoms with Gasteiger partial charge in [-0.25, -0.2) is 0 Å². The van der Waals surface area contributed by atoms with Gasteiger partial charge in [-0.3, -0.25) is 0 Å². The van der Waals surface area contributed by atoms with E-state index in [-0.39, 0.29) is 19.0 Å². The van der Waals surface area contributed by atoms with Gasteiger partial charge in [0.05, 0.1) is 0 Å².